The summed E-state index contributed by atoms with van der Waals surface area (Å²) in [6, 6.07) is 0. The number of rotatable bonds is 1. The maximum absolute atomic E-state index is 2.21. The molecule has 1 heterocycles. The minimum Gasteiger partial charge on any atom is -0.349 e. The average Bonchev–Trinajstić information content (AvgIpc) is 2.20. The van der Waals surface area contributed by atoms with Gasteiger partial charge in [-0.15, -0.1) is 0 Å². The van der Waals surface area contributed by atoms with Crippen LogP contribution in [0.3, 0.4) is 0 Å². The highest BCUT2D eigenvalue weighted by atomic mass is 15.1. The molecule has 0 aromatic heterocycles. The highest BCUT2D eigenvalue weighted by molar-refractivity contribution is 5.27. The first-order chi connectivity index (χ1) is 5.88. The second-order valence-electron chi connectivity index (χ2n) is 2.20. The van der Waals surface area contributed by atoms with Crippen molar-refractivity contribution in [2.24, 2.45) is 0 Å². The average molecular weight is 165 g/mol. The van der Waals surface area contributed by atoms with Gasteiger partial charge in [0.2, 0.25) is 0 Å². The summed E-state index contributed by atoms with van der Waals surface area (Å²) >= 11 is 0. The van der Waals surface area contributed by atoms with Crippen LogP contribution in [-0.4, -0.2) is 11.4 Å². The molecule has 12 heavy (non-hydrogen) atoms. The van der Waals surface area contributed by atoms with Crippen LogP contribution in [0.5, 0.6) is 0 Å². The van der Waals surface area contributed by atoms with Gasteiger partial charge in [-0.05, 0) is 26.0 Å². The molecule has 0 fully saturated rings. The molecule has 0 atom stereocenters. The van der Waals surface area contributed by atoms with Gasteiger partial charge >= 0.3 is 0 Å². The van der Waals surface area contributed by atoms with Crippen molar-refractivity contribution in [3.63, 3.8) is 0 Å². The predicted molar refractivity (Wildman–Crippen MR) is 55.8 cm³/mol. The Balaban J connectivity index is 0.000000561. The number of hydrogen-bond donors (Lipinski definition) is 0. The van der Waals surface area contributed by atoms with Crippen molar-refractivity contribution in [1.29, 1.82) is 0 Å². The van der Waals surface area contributed by atoms with Gasteiger partial charge in [0.05, 0.1) is 0 Å². The molecule has 0 saturated heterocycles. The SMILES string of the molecule is C/C=C1/C=CC=CN1CC.CC. The second kappa shape index (κ2) is 6.71. The fraction of sp³-hybridized carbons (Fsp3) is 0.455. The normalized spacial score (nSPS) is 17.7. The molecule has 0 aliphatic carbocycles. The van der Waals surface area contributed by atoms with E-state index in [1.165, 1.54) is 5.70 Å². The smallest absolute Gasteiger partial charge is 0.0362 e. The lowest BCUT2D eigenvalue weighted by Gasteiger charge is -2.21. The lowest BCUT2D eigenvalue weighted by Crippen LogP contribution is -2.15. The summed E-state index contributed by atoms with van der Waals surface area (Å²) in [5, 5.41) is 0. The number of hydrogen-bond acceptors (Lipinski definition) is 1. The molecule has 1 aliphatic rings. The highest BCUT2D eigenvalue weighted by Crippen LogP contribution is 2.10. The van der Waals surface area contributed by atoms with E-state index in [9.17, 15) is 0 Å². The molecular formula is C11H19N. The minimum absolute atomic E-state index is 1.04. The third kappa shape index (κ3) is 2.95. The maximum atomic E-state index is 2.21. The molecule has 0 amide bonds. The molecular weight excluding hydrogens is 146 g/mol. The number of allylic oxidation sites excluding steroid dienone is 4. The lowest BCUT2D eigenvalue weighted by molar-refractivity contribution is 0.502. The van der Waals surface area contributed by atoms with E-state index in [0.29, 0.717) is 0 Å². The van der Waals surface area contributed by atoms with Crippen molar-refractivity contribution in [3.8, 4) is 0 Å². The van der Waals surface area contributed by atoms with Gasteiger partial charge in [-0.25, -0.2) is 0 Å². The van der Waals surface area contributed by atoms with Crippen molar-refractivity contribution in [3.05, 3.63) is 36.2 Å². The fourth-order valence-corrected chi connectivity index (χ4v) is 1.04. The van der Waals surface area contributed by atoms with Gasteiger partial charge in [-0.1, -0.05) is 26.0 Å². The molecule has 0 saturated carbocycles. The van der Waals surface area contributed by atoms with Crippen LogP contribution in [0.1, 0.15) is 27.7 Å². The van der Waals surface area contributed by atoms with Gasteiger partial charge in [-0.2, -0.15) is 0 Å². The topological polar surface area (TPSA) is 3.24 Å². The molecule has 1 heteroatoms. The van der Waals surface area contributed by atoms with Crippen molar-refractivity contribution in [2.45, 2.75) is 27.7 Å². The first-order valence-electron chi connectivity index (χ1n) is 4.66. The van der Waals surface area contributed by atoms with Crippen LogP contribution in [0.15, 0.2) is 36.2 Å². The van der Waals surface area contributed by atoms with E-state index in [1.807, 2.05) is 13.8 Å². The Morgan fingerprint density at radius 1 is 1.33 bits per heavy atom. The lowest BCUT2D eigenvalue weighted by atomic mass is 10.2. The molecule has 0 unspecified atom stereocenters. The first-order valence-corrected chi connectivity index (χ1v) is 4.66. The largest absolute Gasteiger partial charge is 0.349 e. The van der Waals surface area contributed by atoms with E-state index in [4.69, 9.17) is 0 Å². The quantitative estimate of drug-likeness (QED) is 0.576. The highest BCUT2D eigenvalue weighted by Gasteiger charge is 2.00. The Morgan fingerprint density at radius 2 is 2.00 bits per heavy atom. The molecule has 1 rings (SSSR count). The molecule has 68 valence electrons. The van der Waals surface area contributed by atoms with Gasteiger partial charge in [0.15, 0.2) is 0 Å². The summed E-state index contributed by atoms with van der Waals surface area (Å²) in [5.74, 6) is 0. The molecule has 0 aromatic rings. The Hall–Kier alpha value is -0.980. The summed E-state index contributed by atoms with van der Waals surface area (Å²) in [6.45, 7) is 9.25. The van der Waals surface area contributed by atoms with Gasteiger partial charge < -0.3 is 4.90 Å². The molecule has 0 N–H and O–H groups in total. The van der Waals surface area contributed by atoms with Gasteiger partial charge in [0.25, 0.3) is 0 Å². The predicted octanol–water partition coefficient (Wildman–Crippen LogP) is 3.32. The van der Waals surface area contributed by atoms with Crippen LogP contribution in [0.25, 0.3) is 0 Å². The maximum Gasteiger partial charge on any atom is 0.0362 e. The van der Waals surface area contributed by atoms with E-state index in [1.54, 1.807) is 0 Å². The van der Waals surface area contributed by atoms with E-state index in [-0.39, 0.29) is 0 Å². The van der Waals surface area contributed by atoms with Crippen molar-refractivity contribution >= 4 is 0 Å². The molecule has 0 bridgehead atoms. The Morgan fingerprint density at radius 3 is 2.42 bits per heavy atom. The van der Waals surface area contributed by atoms with E-state index < -0.39 is 0 Å². The van der Waals surface area contributed by atoms with E-state index >= 15 is 0 Å². The number of nitrogens with zero attached hydrogens (tertiary/aromatic N) is 1. The van der Waals surface area contributed by atoms with Crippen molar-refractivity contribution in [2.75, 3.05) is 6.54 Å². The first kappa shape index (κ1) is 11.0. The monoisotopic (exact) mass is 165 g/mol. The third-order valence-electron chi connectivity index (χ3n) is 1.61. The summed E-state index contributed by atoms with van der Waals surface area (Å²) < 4.78 is 0. The van der Waals surface area contributed by atoms with E-state index in [2.05, 4.69) is 49.3 Å². The summed E-state index contributed by atoms with van der Waals surface area (Å²) in [5.41, 5.74) is 1.28. The third-order valence-corrected chi connectivity index (χ3v) is 1.61. The van der Waals surface area contributed by atoms with Crippen LogP contribution in [-0.2, 0) is 0 Å². The Kier molecular flexibility index (Phi) is 6.16. The summed E-state index contributed by atoms with van der Waals surface area (Å²) in [7, 11) is 0. The molecule has 0 radical (unpaired) electrons. The van der Waals surface area contributed by atoms with E-state index in [0.717, 1.165) is 6.54 Å². The number of likely N-dealkylation sites (N-methyl/N-ethyl adjacent to an activating group) is 1. The summed E-state index contributed by atoms with van der Waals surface area (Å²) in [6.07, 6.45) is 10.4. The fourth-order valence-electron chi connectivity index (χ4n) is 1.04. The van der Waals surface area contributed by atoms with Crippen molar-refractivity contribution < 1.29 is 0 Å². The minimum atomic E-state index is 1.04. The Bertz CT molecular complexity index is 187. The molecule has 1 nitrogen and oxygen atoms in total. The van der Waals surface area contributed by atoms with Gasteiger partial charge in [-0.3, -0.25) is 0 Å². The van der Waals surface area contributed by atoms with Gasteiger partial charge in [0.1, 0.15) is 0 Å². The Labute approximate surface area is 76.1 Å². The zero-order chi connectivity index (χ0) is 9.40. The van der Waals surface area contributed by atoms with Gasteiger partial charge in [0, 0.05) is 18.4 Å². The molecule has 0 aromatic carbocycles. The van der Waals surface area contributed by atoms with Crippen LogP contribution < -0.4 is 0 Å². The zero-order valence-electron chi connectivity index (χ0n) is 8.54. The van der Waals surface area contributed by atoms with Crippen LogP contribution in [0, 0.1) is 0 Å². The van der Waals surface area contributed by atoms with Crippen LogP contribution in [0.2, 0.25) is 0 Å². The van der Waals surface area contributed by atoms with Crippen LogP contribution >= 0.6 is 0 Å². The molecule has 1 aliphatic heterocycles. The van der Waals surface area contributed by atoms with Crippen molar-refractivity contribution in [1.82, 2.24) is 4.90 Å². The summed E-state index contributed by atoms with van der Waals surface area (Å²) in [4.78, 5) is 2.21. The molecule has 0 spiro atoms. The second-order valence-corrected chi connectivity index (χ2v) is 2.20. The van der Waals surface area contributed by atoms with Crippen LogP contribution in [0.4, 0.5) is 0 Å². The zero-order valence-corrected chi connectivity index (χ0v) is 8.54. The standard InChI is InChI=1S/C9H13N.C2H6/c1-3-9-7-5-6-8-10(9)4-2;1-2/h3,5-8H,4H2,1-2H3;1-2H3/b9-3-;.